The SMILES string of the molecule is CC(CN(C(=O)OC(C)(C)C)[N@@+](C)(CCCc1ccccc1)Cc1ccccc1)OC1CCCCO1. The number of hydrogen-bond acceptors (Lipinski definition) is 4. The van der Waals surface area contributed by atoms with Crippen LogP contribution in [0.4, 0.5) is 4.79 Å². The van der Waals surface area contributed by atoms with Crippen molar-refractivity contribution >= 4 is 6.09 Å². The summed E-state index contributed by atoms with van der Waals surface area (Å²) in [5.41, 5.74) is 1.89. The smallest absolute Gasteiger partial charge is 0.441 e. The van der Waals surface area contributed by atoms with Crippen molar-refractivity contribution in [3.05, 3.63) is 71.8 Å². The lowest BCUT2D eigenvalue weighted by Crippen LogP contribution is -2.62. The van der Waals surface area contributed by atoms with Crippen molar-refractivity contribution < 1.29 is 23.6 Å². The molecule has 3 atom stereocenters. The van der Waals surface area contributed by atoms with E-state index in [0.717, 1.165) is 45.3 Å². The Labute approximate surface area is 217 Å². The van der Waals surface area contributed by atoms with Gasteiger partial charge >= 0.3 is 6.09 Å². The molecule has 0 radical (unpaired) electrons. The number of amides is 1. The van der Waals surface area contributed by atoms with Gasteiger partial charge in [-0.1, -0.05) is 60.7 Å². The van der Waals surface area contributed by atoms with E-state index in [1.54, 1.807) is 0 Å². The molecule has 1 fully saturated rings. The lowest BCUT2D eigenvalue weighted by molar-refractivity contribution is -1.02. The Bertz CT molecular complexity index is 910. The summed E-state index contributed by atoms with van der Waals surface area (Å²) in [4.78, 5) is 13.7. The molecule has 0 spiro atoms. The predicted molar refractivity (Wildman–Crippen MR) is 143 cm³/mol. The number of aryl methyl sites for hydroxylation is 1. The van der Waals surface area contributed by atoms with Gasteiger partial charge in [0.2, 0.25) is 0 Å². The molecule has 1 saturated heterocycles. The minimum atomic E-state index is -0.590. The van der Waals surface area contributed by atoms with Crippen LogP contribution in [-0.2, 0) is 27.2 Å². The van der Waals surface area contributed by atoms with Gasteiger partial charge in [-0.2, -0.15) is 0 Å². The fourth-order valence-corrected chi connectivity index (χ4v) is 4.68. The van der Waals surface area contributed by atoms with E-state index in [1.807, 2.05) is 57.0 Å². The highest BCUT2D eigenvalue weighted by Gasteiger charge is 2.39. The minimum absolute atomic E-state index is 0.192. The molecule has 36 heavy (non-hydrogen) atoms. The zero-order valence-electron chi connectivity index (χ0n) is 22.8. The Balaban J connectivity index is 1.83. The first-order chi connectivity index (χ1) is 17.1. The average molecular weight is 498 g/mol. The number of carbonyl (C=O) groups excluding carboxylic acids is 1. The van der Waals surface area contributed by atoms with Crippen LogP contribution in [0.1, 0.15) is 64.5 Å². The molecule has 1 aliphatic heterocycles. The fourth-order valence-electron chi connectivity index (χ4n) is 4.68. The van der Waals surface area contributed by atoms with Gasteiger partial charge in [0.1, 0.15) is 25.2 Å². The Morgan fingerprint density at radius 3 is 2.28 bits per heavy atom. The first kappa shape index (κ1) is 28.2. The highest BCUT2D eigenvalue weighted by molar-refractivity contribution is 5.66. The van der Waals surface area contributed by atoms with Crippen LogP contribution in [0.3, 0.4) is 0 Å². The van der Waals surface area contributed by atoms with Crippen LogP contribution < -0.4 is 0 Å². The minimum Gasteiger partial charge on any atom is -0.441 e. The number of ether oxygens (including phenoxy) is 3. The number of benzene rings is 2. The third kappa shape index (κ3) is 9.23. The summed E-state index contributed by atoms with van der Waals surface area (Å²) >= 11 is 0. The van der Waals surface area contributed by atoms with Crippen LogP contribution >= 0.6 is 0 Å². The molecular weight excluding hydrogens is 452 g/mol. The summed E-state index contributed by atoms with van der Waals surface area (Å²) in [7, 11) is 2.13. The molecule has 6 nitrogen and oxygen atoms in total. The maximum Gasteiger partial charge on any atom is 0.455 e. The Morgan fingerprint density at radius 1 is 1.06 bits per heavy atom. The molecule has 0 N–H and O–H groups in total. The largest absolute Gasteiger partial charge is 0.455 e. The van der Waals surface area contributed by atoms with Crippen molar-refractivity contribution in [1.29, 1.82) is 0 Å². The van der Waals surface area contributed by atoms with E-state index in [9.17, 15) is 4.79 Å². The van der Waals surface area contributed by atoms with E-state index in [0.29, 0.717) is 17.7 Å². The zero-order chi connectivity index (χ0) is 26.0. The quantitative estimate of drug-likeness (QED) is 0.268. The van der Waals surface area contributed by atoms with Gasteiger partial charge < -0.3 is 14.2 Å². The van der Waals surface area contributed by atoms with Crippen LogP contribution in [0.15, 0.2) is 60.7 Å². The van der Waals surface area contributed by atoms with Crippen molar-refractivity contribution in [2.24, 2.45) is 0 Å². The number of quaternary nitrogens is 1. The lowest BCUT2D eigenvalue weighted by Gasteiger charge is -2.44. The molecule has 1 aliphatic rings. The van der Waals surface area contributed by atoms with Crippen molar-refractivity contribution in [2.75, 3.05) is 26.7 Å². The highest BCUT2D eigenvalue weighted by Crippen LogP contribution is 2.24. The zero-order valence-corrected chi connectivity index (χ0v) is 22.8. The van der Waals surface area contributed by atoms with Gasteiger partial charge in [-0.25, -0.2) is 9.39 Å². The number of hydrogen-bond donors (Lipinski definition) is 0. The summed E-state index contributed by atoms with van der Waals surface area (Å²) in [5, 5.41) is 1.86. The number of nitrogens with zero attached hydrogens (tertiary/aromatic N) is 2. The van der Waals surface area contributed by atoms with Crippen LogP contribution in [0.2, 0.25) is 0 Å². The first-order valence-corrected chi connectivity index (χ1v) is 13.3. The maximum absolute atomic E-state index is 13.7. The van der Waals surface area contributed by atoms with E-state index < -0.39 is 5.60 Å². The van der Waals surface area contributed by atoms with Crippen LogP contribution in [0, 0.1) is 0 Å². The van der Waals surface area contributed by atoms with E-state index in [4.69, 9.17) is 14.2 Å². The molecule has 3 rings (SSSR count). The van der Waals surface area contributed by atoms with Crippen LogP contribution in [0.5, 0.6) is 0 Å². The van der Waals surface area contributed by atoms with Crippen LogP contribution in [-0.4, -0.2) is 60.4 Å². The Hall–Kier alpha value is -2.41. The normalized spacial score (nSPS) is 18.8. The molecular formula is C30H45N2O4+. The standard InChI is InChI=1S/C30H45N2O4/c1-25(35-28-20-12-13-22-34-28)23-31(29(33)36-30(2,3)4)32(5,24-27-17-10-7-11-18-27)21-14-19-26-15-8-6-9-16-26/h6-11,15-18,25,28H,12-14,19-24H2,1-5H3/q+1/t25?,28?,32-/m0/s1. The lowest BCUT2D eigenvalue weighted by atomic mass is 10.1. The second kappa shape index (κ2) is 13.2. The summed E-state index contributed by atoms with van der Waals surface area (Å²) in [6.45, 7) is 10.4. The molecule has 0 aliphatic carbocycles. The molecule has 0 bridgehead atoms. The third-order valence-electron chi connectivity index (χ3n) is 6.45. The highest BCUT2D eigenvalue weighted by atomic mass is 16.7. The van der Waals surface area contributed by atoms with E-state index in [2.05, 4.69) is 43.4 Å². The Morgan fingerprint density at radius 2 is 1.69 bits per heavy atom. The summed E-state index contributed by atoms with van der Waals surface area (Å²) in [5.74, 6) is 0. The molecule has 2 aromatic carbocycles. The first-order valence-electron chi connectivity index (χ1n) is 13.3. The van der Waals surface area contributed by atoms with Gasteiger partial charge in [-0.05, 0) is 58.9 Å². The molecule has 0 aromatic heterocycles. The molecule has 1 amide bonds. The van der Waals surface area contributed by atoms with Crippen molar-refractivity contribution in [3.63, 3.8) is 0 Å². The van der Waals surface area contributed by atoms with E-state index >= 15 is 0 Å². The van der Waals surface area contributed by atoms with E-state index in [-0.39, 0.29) is 18.5 Å². The van der Waals surface area contributed by atoms with Gasteiger partial charge in [0.15, 0.2) is 6.29 Å². The molecule has 6 heteroatoms. The predicted octanol–water partition coefficient (Wildman–Crippen LogP) is 6.35. The molecule has 198 valence electrons. The van der Waals surface area contributed by atoms with E-state index in [1.165, 1.54) is 11.1 Å². The summed E-state index contributed by atoms with van der Waals surface area (Å²) in [6.07, 6.45) is 4.24. The average Bonchev–Trinajstić information content (AvgIpc) is 2.83. The van der Waals surface area contributed by atoms with Gasteiger partial charge in [-0.15, -0.1) is 5.01 Å². The maximum atomic E-state index is 13.7. The van der Waals surface area contributed by atoms with Crippen molar-refractivity contribution in [1.82, 2.24) is 5.01 Å². The van der Waals surface area contributed by atoms with Gasteiger partial charge in [0, 0.05) is 18.6 Å². The second-order valence-corrected chi connectivity index (χ2v) is 11.1. The topological polar surface area (TPSA) is 48.0 Å². The monoisotopic (exact) mass is 497 g/mol. The summed E-state index contributed by atoms with van der Waals surface area (Å²) in [6, 6.07) is 20.9. The van der Waals surface area contributed by atoms with Gasteiger partial charge in [-0.3, -0.25) is 0 Å². The summed E-state index contributed by atoms with van der Waals surface area (Å²) < 4.78 is 18.4. The molecule has 0 saturated carbocycles. The Kier molecular flexibility index (Phi) is 10.3. The molecule has 1 heterocycles. The second-order valence-electron chi connectivity index (χ2n) is 11.1. The molecule has 2 aromatic rings. The van der Waals surface area contributed by atoms with Crippen molar-refractivity contribution in [3.8, 4) is 0 Å². The third-order valence-corrected chi connectivity index (χ3v) is 6.45. The fraction of sp³-hybridized carbons (Fsp3) is 0.567. The number of carbonyl (C=O) groups is 1. The van der Waals surface area contributed by atoms with Crippen molar-refractivity contribution in [2.45, 2.75) is 84.3 Å². The van der Waals surface area contributed by atoms with Gasteiger partial charge in [0.05, 0.1) is 13.2 Å². The number of rotatable bonds is 11. The molecule has 2 unspecified atom stereocenters. The van der Waals surface area contributed by atoms with Crippen LogP contribution in [0.25, 0.3) is 0 Å². The van der Waals surface area contributed by atoms with Gasteiger partial charge in [0.25, 0.3) is 0 Å².